The van der Waals surface area contributed by atoms with E-state index in [1.54, 1.807) is 6.20 Å². The van der Waals surface area contributed by atoms with E-state index in [4.69, 9.17) is 0 Å². The van der Waals surface area contributed by atoms with Gasteiger partial charge >= 0.3 is 0 Å². The number of aromatic nitrogens is 3. The van der Waals surface area contributed by atoms with Crippen LogP contribution in [0.4, 0.5) is 17.5 Å². The fraction of sp³-hybridized carbons (Fsp3) is 0.318. The average molecular weight is 374 g/mol. The van der Waals surface area contributed by atoms with Crippen molar-refractivity contribution in [3.63, 3.8) is 0 Å². The van der Waals surface area contributed by atoms with Gasteiger partial charge in [0.1, 0.15) is 0 Å². The van der Waals surface area contributed by atoms with Crippen LogP contribution in [0.5, 0.6) is 0 Å². The molecule has 0 spiro atoms. The second-order valence-electron chi connectivity index (χ2n) is 7.17. The first-order valence-electron chi connectivity index (χ1n) is 9.74. The zero-order chi connectivity index (χ0) is 19.3. The Bertz CT molecular complexity index is 919. The monoisotopic (exact) mass is 374 g/mol. The Morgan fingerprint density at radius 1 is 0.893 bits per heavy atom. The highest BCUT2D eigenvalue weighted by Gasteiger charge is 2.20. The van der Waals surface area contributed by atoms with Crippen LogP contribution in [-0.2, 0) is 6.54 Å². The third-order valence-electron chi connectivity index (χ3n) is 5.36. The Hall–Kier alpha value is -3.15. The minimum Gasteiger partial charge on any atom is -0.368 e. The van der Waals surface area contributed by atoms with Gasteiger partial charge in [-0.15, -0.1) is 5.10 Å². The number of hydrogen-bond donors (Lipinski definition) is 1. The Labute approximate surface area is 166 Å². The number of nitrogens with zero attached hydrogens (tertiary/aromatic N) is 5. The summed E-state index contributed by atoms with van der Waals surface area (Å²) in [7, 11) is 0. The fourth-order valence-electron chi connectivity index (χ4n) is 3.55. The molecule has 4 rings (SSSR count). The van der Waals surface area contributed by atoms with Crippen molar-refractivity contribution in [3.05, 3.63) is 71.4 Å². The molecule has 6 heteroatoms. The van der Waals surface area contributed by atoms with Crippen molar-refractivity contribution in [2.45, 2.75) is 20.4 Å². The topological polar surface area (TPSA) is 57.2 Å². The predicted molar refractivity (Wildman–Crippen MR) is 114 cm³/mol. The zero-order valence-electron chi connectivity index (χ0n) is 16.5. The third-order valence-corrected chi connectivity index (χ3v) is 5.36. The lowest BCUT2D eigenvalue weighted by Gasteiger charge is -2.37. The molecule has 144 valence electrons. The normalized spacial score (nSPS) is 14.2. The largest absolute Gasteiger partial charge is 0.368 e. The molecular formula is C22H26N6. The van der Waals surface area contributed by atoms with Crippen molar-refractivity contribution in [1.29, 1.82) is 0 Å². The maximum absolute atomic E-state index is 4.66. The molecule has 3 aromatic rings. The van der Waals surface area contributed by atoms with Crippen molar-refractivity contribution in [2.75, 3.05) is 41.3 Å². The standard InChI is InChI=1S/C22H26N6/c1-17-7-6-10-20(18(17)2)27-11-13-28(14-12-27)21-16-24-26-22(25-21)23-15-19-8-4-3-5-9-19/h3-10,16H,11-15H2,1-2H3,(H,23,25,26). The van der Waals surface area contributed by atoms with Gasteiger partial charge < -0.3 is 15.1 Å². The summed E-state index contributed by atoms with van der Waals surface area (Å²) in [5.41, 5.74) is 5.24. The van der Waals surface area contributed by atoms with Gasteiger partial charge in [-0.3, -0.25) is 0 Å². The van der Waals surface area contributed by atoms with Crippen molar-refractivity contribution in [1.82, 2.24) is 15.2 Å². The van der Waals surface area contributed by atoms with Gasteiger partial charge in [0, 0.05) is 38.4 Å². The molecule has 0 amide bonds. The second kappa shape index (κ2) is 8.25. The van der Waals surface area contributed by atoms with Crippen LogP contribution in [0.25, 0.3) is 0 Å². The molecule has 1 N–H and O–H groups in total. The SMILES string of the molecule is Cc1cccc(N2CCN(c3cnnc(NCc4ccccc4)n3)CC2)c1C. The Balaban J connectivity index is 1.39. The van der Waals surface area contributed by atoms with Crippen LogP contribution >= 0.6 is 0 Å². The van der Waals surface area contributed by atoms with Gasteiger partial charge in [0.05, 0.1) is 6.20 Å². The molecule has 0 aliphatic carbocycles. The summed E-state index contributed by atoms with van der Waals surface area (Å²) >= 11 is 0. The summed E-state index contributed by atoms with van der Waals surface area (Å²) in [4.78, 5) is 9.41. The molecule has 1 saturated heterocycles. The van der Waals surface area contributed by atoms with Gasteiger partial charge in [0.2, 0.25) is 5.95 Å². The maximum atomic E-state index is 4.66. The summed E-state index contributed by atoms with van der Waals surface area (Å²) in [5.74, 6) is 1.45. The number of hydrogen-bond acceptors (Lipinski definition) is 6. The first-order chi connectivity index (χ1) is 13.7. The molecule has 0 bridgehead atoms. The van der Waals surface area contributed by atoms with Gasteiger partial charge in [-0.05, 0) is 36.6 Å². The van der Waals surface area contributed by atoms with Gasteiger partial charge in [-0.25, -0.2) is 0 Å². The fourth-order valence-corrected chi connectivity index (χ4v) is 3.55. The highest BCUT2D eigenvalue weighted by Crippen LogP contribution is 2.25. The molecule has 1 aliphatic rings. The second-order valence-corrected chi connectivity index (χ2v) is 7.17. The molecule has 6 nitrogen and oxygen atoms in total. The van der Waals surface area contributed by atoms with Gasteiger partial charge in [0.15, 0.2) is 5.82 Å². The lowest BCUT2D eigenvalue weighted by Crippen LogP contribution is -2.47. The predicted octanol–water partition coefficient (Wildman–Crippen LogP) is 3.43. The van der Waals surface area contributed by atoms with E-state index in [1.165, 1.54) is 22.4 Å². The quantitative estimate of drug-likeness (QED) is 0.738. The van der Waals surface area contributed by atoms with Crippen LogP contribution in [-0.4, -0.2) is 41.4 Å². The highest BCUT2D eigenvalue weighted by atomic mass is 15.3. The minimum atomic E-state index is 0.568. The van der Waals surface area contributed by atoms with E-state index < -0.39 is 0 Å². The summed E-state index contributed by atoms with van der Waals surface area (Å²) < 4.78 is 0. The van der Waals surface area contributed by atoms with Gasteiger partial charge in [-0.1, -0.05) is 42.5 Å². The number of aryl methyl sites for hydroxylation is 1. The lowest BCUT2D eigenvalue weighted by molar-refractivity contribution is 0.643. The highest BCUT2D eigenvalue weighted by molar-refractivity contribution is 5.57. The first kappa shape index (κ1) is 18.2. The van der Waals surface area contributed by atoms with E-state index in [-0.39, 0.29) is 0 Å². The lowest BCUT2D eigenvalue weighted by atomic mass is 10.1. The summed E-state index contributed by atoms with van der Waals surface area (Å²) in [6, 6.07) is 16.8. The van der Waals surface area contributed by atoms with E-state index >= 15 is 0 Å². The number of rotatable bonds is 5. The van der Waals surface area contributed by atoms with Crippen LogP contribution in [0.3, 0.4) is 0 Å². The van der Waals surface area contributed by atoms with E-state index in [9.17, 15) is 0 Å². The summed E-state index contributed by atoms with van der Waals surface area (Å²) in [6.07, 6.45) is 1.75. The summed E-state index contributed by atoms with van der Waals surface area (Å²) in [5, 5.41) is 11.5. The minimum absolute atomic E-state index is 0.568. The Kier molecular flexibility index (Phi) is 5.37. The number of piperazine rings is 1. The number of nitrogens with one attached hydrogen (secondary N) is 1. The molecule has 2 heterocycles. The van der Waals surface area contributed by atoms with Crippen LogP contribution in [0, 0.1) is 13.8 Å². The molecule has 1 fully saturated rings. The molecule has 2 aromatic carbocycles. The van der Waals surface area contributed by atoms with Crippen molar-refractivity contribution in [3.8, 4) is 0 Å². The van der Waals surface area contributed by atoms with Crippen LogP contribution in [0.15, 0.2) is 54.7 Å². The van der Waals surface area contributed by atoms with Crippen molar-refractivity contribution < 1.29 is 0 Å². The van der Waals surface area contributed by atoms with Crippen molar-refractivity contribution in [2.24, 2.45) is 0 Å². The Morgan fingerprint density at radius 2 is 1.64 bits per heavy atom. The molecule has 0 saturated carbocycles. The maximum Gasteiger partial charge on any atom is 0.244 e. The number of benzene rings is 2. The van der Waals surface area contributed by atoms with Crippen LogP contribution in [0.2, 0.25) is 0 Å². The molecule has 0 atom stereocenters. The molecular weight excluding hydrogens is 348 g/mol. The molecule has 0 unspecified atom stereocenters. The molecule has 1 aliphatic heterocycles. The van der Waals surface area contributed by atoms with Crippen molar-refractivity contribution >= 4 is 17.5 Å². The summed E-state index contributed by atoms with van der Waals surface area (Å²) in [6.45, 7) is 8.85. The smallest absolute Gasteiger partial charge is 0.244 e. The molecule has 1 aromatic heterocycles. The van der Waals surface area contributed by atoms with E-state index in [0.717, 1.165) is 32.0 Å². The molecule has 0 radical (unpaired) electrons. The zero-order valence-corrected chi connectivity index (χ0v) is 16.5. The molecule has 28 heavy (non-hydrogen) atoms. The third kappa shape index (κ3) is 4.06. The van der Waals surface area contributed by atoms with E-state index in [2.05, 4.69) is 74.5 Å². The Morgan fingerprint density at radius 3 is 2.43 bits per heavy atom. The number of anilines is 3. The van der Waals surface area contributed by atoms with Crippen LogP contribution in [0.1, 0.15) is 16.7 Å². The van der Waals surface area contributed by atoms with Gasteiger partial charge in [-0.2, -0.15) is 10.1 Å². The van der Waals surface area contributed by atoms with E-state index in [0.29, 0.717) is 12.5 Å². The first-order valence-corrected chi connectivity index (χ1v) is 9.74. The van der Waals surface area contributed by atoms with E-state index in [1.807, 2.05) is 18.2 Å². The average Bonchev–Trinajstić information content (AvgIpc) is 2.75. The van der Waals surface area contributed by atoms with Gasteiger partial charge in [0.25, 0.3) is 0 Å². The van der Waals surface area contributed by atoms with Crippen LogP contribution < -0.4 is 15.1 Å².